The topological polar surface area (TPSA) is 144 Å². The van der Waals surface area contributed by atoms with Crippen LogP contribution in [0.5, 0.6) is 5.75 Å². The van der Waals surface area contributed by atoms with Crippen LogP contribution in [0.25, 0.3) is 10.8 Å². The number of phenolic OH excluding ortho intramolecular Hbond substituents is 1. The third-order valence-electron chi connectivity index (χ3n) is 11.1. The Kier molecular flexibility index (Phi) is 7.71. The summed E-state index contributed by atoms with van der Waals surface area (Å²) in [7, 11) is 0. The van der Waals surface area contributed by atoms with Gasteiger partial charge in [0.2, 0.25) is 11.8 Å². The van der Waals surface area contributed by atoms with Gasteiger partial charge in [-0.2, -0.15) is 5.01 Å². The molecule has 0 bridgehead atoms. The van der Waals surface area contributed by atoms with Crippen molar-refractivity contribution in [3.8, 4) is 5.75 Å². The number of anilines is 1. The molecule has 1 saturated carbocycles. The molecule has 2 aliphatic carbocycles. The molecule has 12 heteroatoms. The highest BCUT2D eigenvalue weighted by Crippen LogP contribution is 2.65. The number of amides is 4. The molecular weight excluding hydrogens is 677 g/mol. The van der Waals surface area contributed by atoms with Gasteiger partial charge in [0.1, 0.15) is 11.6 Å². The van der Waals surface area contributed by atoms with E-state index in [0.29, 0.717) is 27.1 Å². The maximum Gasteiger partial charge on any atom is 0.305 e. The number of phenols is 1. The number of carbonyl (C=O) groups is 5. The van der Waals surface area contributed by atoms with Crippen LogP contribution < -0.4 is 5.43 Å². The van der Waals surface area contributed by atoms with Gasteiger partial charge in [-0.15, -0.1) is 0 Å². The number of hydrogen-bond acceptors (Lipinski definition) is 7. The van der Waals surface area contributed by atoms with Crippen molar-refractivity contribution in [2.75, 3.05) is 12.0 Å². The number of carboxylic acids is 1. The first-order valence-corrected chi connectivity index (χ1v) is 17.0. The molecule has 4 aliphatic rings. The molecule has 4 amide bonds. The zero-order chi connectivity index (χ0) is 35.8. The van der Waals surface area contributed by atoms with Gasteiger partial charge in [-0.05, 0) is 77.6 Å². The molecule has 6 unspecified atom stereocenters. The second-order valence-corrected chi connectivity index (χ2v) is 14.0. The minimum absolute atomic E-state index is 0.00954. The van der Waals surface area contributed by atoms with Gasteiger partial charge in [-0.1, -0.05) is 65.7 Å². The number of carboxylic acid groups (broad SMARTS) is 1. The molecule has 8 rings (SSSR count). The van der Waals surface area contributed by atoms with E-state index in [4.69, 9.17) is 11.6 Å². The number of halogens is 2. The number of hydrazine groups is 1. The first-order chi connectivity index (χ1) is 24.5. The normalized spacial score (nSPS) is 26.9. The zero-order valence-electron chi connectivity index (χ0n) is 27.0. The molecule has 2 aliphatic heterocycles. The van der Waals surface area contributed by atoms with Crippen LogP contribution in [0, 0.1) is 29.5 Å². The van der Waals surface area contributed by atoms with Crippen molar-refractivity contribution in [3.63, 3.8) is 0 Å². The molecule has 0 spiro atoms. The molecule has 0 radical (unpaired) electrons. The molecule has 51 heavy (non-hydrogen) atoms. The van der Waals surface area contributed by atoms with Crippen LogP contribution in [0.3, 0.4) is 0 Å². The second-order valence-electron chi connectivity index (χ2n) is 13.6. The molecule has 2 heterocycles. The molecule has 3 fully saturated rings. The third kappa shape index (κ3) is 4.85. The Morgan fingerprint density at radius 1 is 0.902 bits per heavy atom. The zero-order valence-corrected chi connectivity index (χ0v) is 27.7. The highest BCUT2D eigenvalue weighted by Gasteiger charge is 2.70. The minimum atomic E-state index is -1.67. The Morgan fingerprint density at radius 2 is 1.63 bits per heavy atom. The summed E-state index contributed by atoms with van der Waals surface area (Å²) >= 11 is 6.35. The van der Waals surface area contributed by atoms with E-state index < -0.39 is 76.8 Å². The lowest BCUT2D eigenvalue weighted by Gasteiger charge is -2.51. The SMILES string of the molecule is O=C(O)CCN1C(=O)C2CC=C3C(CC4C(=O)N(Nc5ccc(F)cc5)C(=O)C4(c4ccc(Cl)cc4)C3c3c(O)ccc4ccccc34)C2C1=O. The largest absolute Gasteiger partial charge is 0.508 e. The summed E-state index contributed by atoms with van der Waals surface area (Å²) in [6, 6.07) is 22.5. The molecule has 3 N–H and O–H groups in total. The van der Waals surface area contributed by atoms with E-state index >= 15 is 4.79 Å². The number of carbonyl (C=O) groups excluding carboxylic acids is 4. The first kappa shape index (κ1) is 32.6. The lowest BCUT2D eigenvalue weighted by molar-refractivity contribution is -0.143. The lowest BCUT2D eigenvalue weighted by Crippen LogP contribution is -2.53. The number of allylic oxidation sites excluding steroid dienone is 2. The van der Waals surface area contributed by atoms with Crippen molar-refractivity contribution < 1.29 is 38.6 Å². The molecule has 4 aromatic rings. The summed E-state index contributed by atoms with van der Waals surface area (Å²) in [5, 5.41) is 23.9. The minimum Gasteiger partial charge on any atom is -0.508 e. The Hall–Kier alpha value is -5.55. The van der Waals surface area contributed by atoms with E-state index in [-0.39, 0.29) is 30.8 Å². The van der Waals surface area contributed by atoms with Crippen LogP contribution in [0.1, 0.15) is 36.3 Å². The number of benzene rings is 4. The summed E-state index contributed by atoms with van der Waals surface area (Å²) in [5.74, 6) is -8.43. The molecule has 4 aromatic carbocycles. The number of fused-ring (bicyclic) bond motifs is 5. The van der Waals surface area contributed by atoms with Crippen LogP contribution in [-0.4, -0.2) is 56.3 Å². The fraction of sp³-hybridized carbons (Fsp3) is 0.256. The quantitative estimate of drug-likeness (QED) is 0.162. The molecular formula is C39H31ClFN3O7. The highest BCUT2D eigenvalue weighted by atomic mass is 35.5. The van der Waals surface area contributed by atoms with E-state index in [1.807, 2.05) is 30.3 Å². The second kappa shape index (κ2) is 12.1. The van der Waals surface area contributed by atoms with Gasteiger partial charge >= 0.3 is 5.97 Å². The van der Waals surface area contributed by atoms with Gasteiger partial charge < -0.3 is 10.2 Å². The molecule has 6 atom stereocenters. The summed E-state index contributed by atoms with van der Waals surface area (Å²) < 4.78 is 13.9. The number of aromatic hydroxyl groups is 1. The Labute approximate surface area is 296 Å². The summed E-state index contributed by atoms with van der Waals surface area (Å²) in [6.45, 7) is -0.277. The smallest absolute Gasteiger partial charge is 0.305 e. The van der Waals surface area contributed by atoms with E-state index in [1.165, 1.54) is 24.3 Å². The maximum absolute atomic E-state index is 15.3. The number of aliphatic carboxylic acids is 1. The van der Waals surface area contributed by atoms with Gasteiger partial charge in [0.05, 0.1) is 35.3 Å². The number of nitrogens with zero attached hydrogens (tertiary/aromatic N) is 2. The highest BCUT2D eigenvalue weighted by molar-refractivity contribution is 6.30. The maximum atomic E-state index is 15.3. The van der Waals surface area contributed by atoms with Crippen LogP contribution in [0.15, 0.2) is 96.6 Å². The summed E-state index contributed by atoms with van der Waals surface area (Å²) in [6.07, 6.45) is 1.61. The van der Waals surface area contributed by atoms with Crippen molar-refractivity contribution >= 4 is 57.7 Å². The van der Waals surface area contributed by atoms with Crippen molar-refractivity contribution in [3.05, 3.63) is 119 Å². The number of hydrogen-bond donors (Lipinski definition) is 3. The standard InChI is InChI=1S/C39H31ClFN3O7/c40-22-8-6-21(7-9-22)39-29(36(49)44(38(39)51)42-24-12-10-23(41)11-13-24)19-28-26(34(39)33-25-4-2-1-3-20(25)5-16-30(33)45)14-15-27-32(28)37(50)43(35(27)48)18-17-31(46)47/h1-14,16,27-29,32,34,42,45H,15,17-19H2,(H,46,47). The third-order valence-corrected chi connectivity index (χ3v) is 11.4. The number of nitrogens with one attached hydrogen (secondary N) is 1. The number of rotatable bonds is 7. The Bertz CT molecular complexity index is 2190. The lowest BCUT2D eigenvalue weighted by atomic mass is 9.48. The van der Waals surface area contributed by atoms with Crippen molar-refractivity contribution in [2.24, 2.45) is 23.7 Å². The average Bonchev–Trinajstić information content (AvgIpc) is 3.49. The van der Waals surface area contributed by atoms with Crippen LogP contribution in [0.2, 0.25) is 5.02 Å². The molecule has 258 valence electrons. The van der Waals surface area contributed by atoms with Crippen molar-refractivity contribution in [1.29, 1.82) is 0 Å². The van der Waals surface area contributed by atoms with Crippen LogP contribution >= 0.6 is 11.6 Å². The molecule has 10 nitrogen and oxygen atoms in total. The Morgan fingerprint density at radius 3 is 2.35 bits per heavy atom. The first-order valence-electron chi connectivity index (χ1n) is 16.7. The van der Waals surface area contributed by atoms with E-state index in [1.54, 1.807) is 36.4 Å². The van der Waals surface area contributed by atoms with Gasteiger partial charge in [-0.25, -0.2) is 4.39 Å². The van der Waals surface area contributed by atoms with Gasteiger partial charge in [0, 0.05) is 23.0 Å². The predicted molar refractivity (Wildman–Crippen MR) is 184 cm³/mol. The van der Waals surface area contributed by atoms with Gasteiger partial charge in [0.25, 0.3) is 11.8 Å². The number of imide groups is 2. The van der Waals surface area contributed by atoms with E-state index in [9.17, 15) is 33.8 Å². The fourth-order valence-electron chi connectivity index (χ4n) is 9.05. The van der Waals surface area contributed by atoms with E-state index in [2.05, 4.69) is 5.43 Å². The van der Waals surface area contributed by atoms with Crippen LogP contribution in [0.4, 0.5) is 10.1 Å². The molecule has 0 aromatic heterocycles. The van der Waals surface area contributed by atoms with Gasteiger partial charge in [-0.3, -0.25) is 34.3 Å². The van der Waals surface area contributed by atoms with Crippen molar-refractivity contribution in [1.82, 2.24) is 9.91 Å². The van der Waals surface area contributed by atoms with Crippen LogP contribution in [-0.2, 0) is 29.4 Å². The van der Waals surface area contributed by atoms with E-state index in [0.717, 1.165) is 15.3 Å². The summed E-state index contributed by atoms with van der Waals surface area (Å²) in [4.78, 5) is 70.3. The predicted octanol–water partition coefficient (Wildman–Crippen LogP) is 5.80. The van der Waals surface area contributed by atoms with Gasteiger partial charge in [0.15, 0.2) is 0 Å². The average molecular weight is 708 g/mol. The van der Waals surface area contributed by atoms with Crippen molar-refractivity contribution in [2.45, 2.75) is 30.6 Å². The Balaban J connectivity index is 1.38. The summed E-state index contributed by atoms with van der Waals surface area (Å²) in [5.41, 5.74) is 3.03. The fourth-order valence-corrected chi connectivity index (χ4v) is 9.18. The number of likely N-dealkylation sites (tertiary alicyclic amines) is 1. The molecule has 2 saturated heterocycles. The monoisotopic (exact) mass is 707 g/mol.